The van der Waals surface area contributed by atoms with Gasteiger partial charge in [0.1, 0.15) is 0 Å². The molecule has 0 spiro atoms. The summed E-state index contributed by atoms with van der Waals surface area (Å²) in [5.41, 5.74) is 7.63. The molecule has 0 saturated heterocycles. The smallest absolute Gasteiger partial charge is 0.0472 e. The summed E-state index contributed by atoms with van der Waals surface area (Å²) in [5.74, 6) is 0. The molecule has 2 aromatic heterocycles. The Morgan fingerprint density at radius 3 is 1.38 bits per heavy atom. The fourth-order valence-corrected chi connectivity index (χ4v) is 3.83. The molecule has 2 nitrogen and oxygen atoms in total. The van der Waals surface area contributed by atoms with Crippen molar-refractivity contribution in [2.45, 2.75) is 26.7 Å². The number of hydrogen-bond donors (Lipinski definition) is 2. The topological polar surface area (TPSA) is 31.6 Å². The van der Waals surface area contributed by atoms with Crippen LogP contribution in [0.3, 0.4) is 0 Å². The molecule has 0 amide bonds. The van der Waals surface area contributed by atoms with Crippen LogP contribution in [-0.4, -0.2) is 9.97 Å². The van der Waals surface area contributed by atoms with Gasteiger partial charge in [0.05, 0.1) is 0 Å². The number of benzene rings is 3. The van der Waals surface area contributed by atoms with E-state index in [2.05, 4.69) is 72.3 Å². The molecule has 0 saturated carbocycles. The lowest BCUT2D eigenvalue weighted by Crippen LogP contribution is -1.78. The molecule has 0 aliphatic heterocycles. The minimum atomic E-state index is 1.07. The van der Waals surface area contributed by atoms with Crippen molar-refractivity contribution in [1.82, 2.24) is 9.97 Å². The molecule has 2 heteroatoms. The first kappa shape index (κ1) is 13.7. The Balaban J connectivity index is 1.89. The average molecular weight is 312 g/mol. The van der Waals surface area contributed by atoms with Crippen LogP contribution in [-0.2, 0) is 12.8 Å². The normalized spacial score (nSPS) is 12.1. The van der Waals surface area contributed by atoms with Gasteiger partial charge >= 0.3 is 0 Å². The zero-order valence-corrected chi connectivity index (χ0v) is 14.0. The SMILES string of the molecule is CCc1ccc2[nH]c3cc4c(cc3c2c1)[nH]c1ccc(CC)cc14. The van der Waals surface area contributed by atoms with Gasteiger partial charge in [-0.1, -0.05) is 26.0 Å². The molecule has 0 unspecified atom stereocenters. The van der Waals surface area contributed by atoms with Crippen molar-refractivity contribution in [2.24, 2.45) is 0 Å². The summed E-state index contributed by atoms with van der Waals surface area (Å²) in [7, 11) is 0. The molecule has 118 valence electrons. The highest BCUT2D eigenvalue weighted by Crippen LogP contribution is 2.33. The first-order valence-electron chi connectivity index (χ1n) is 8.75. The predicted molar refractivity (Wildman–Crippen MR) is 104 cm³/mol. The van der Waals surface area contributed by atoms with Crippen LogP contribution in [0, 0.1) is 0 Å². The van der Waals surface area contributed by atoms with Crippen molar-refractivity contribution >= 4 is 43.6 Å². The van der Waals surface area contributed by atoms with E-state index < -0.39 is 0 Å². The van der Waals surface area contributed by atoms with Gasteiger partial charge in [-0.25, -0.2) is 0 Å². The lowest BCUT2D eigenvalue weighted by Gasteiger charge is -1.98. The van der Waals surface area contributed by atoms with Crippen LogP contribution >= 0.6 is 0 Å². The molecule has 0 aliphatic rings. The highest BCUT2D eigenvalue weighted by atomic mass is 14.7. The van der Waals surface area contributed by atoms with Gasteiger partial charge in [-0.05, 0) is 60.4 Å². The van der Waals surface area contributed by atoms with E-state index in [0.29, 0.717) is 0 Å². The Morgan fingerprint density at radius 2 is 0.958 bits per heavy atom. The third kappa shape index (κ3) is 1.83. The van der Waals surface area contributed by atoms with Crippen molar-refractivity contribution in [3.8, 4) is 0 Å². The maximum atomic E-state index is 3.59. The van der Waals surface area contributed by atoms with Crippen LogP contribution in [0.1, 0.15) is 25.0 Å². The highest BCUT2D eigenvalue weighted by Gasteiger charge is 2.10. The highest BCUT2D eigenvalue weighted by molar-refractivity contribution is 6.17. The zero-order chi connectivity index (χ0) is 16.3. The molecule has 0 atom stereocenters. The van der Waals surface area contributed by atoms with Crippen LogP contribution < -0.4 is 0 Å². The van der Waals surface area contributed by atoms with Gasteiger partial charge in [-0.3, -0.25) is 0 Å². The summed E-state index contributed by atoms with van der Waals surface area (Å²) in [4.78, 5) is 7.18. The molecule has 5 rings (SSSR count). The molecule has 24 heavy (non-hydrogen) atoms. The number of nitrogens with one attached hydrogen (secondary N) is 2. The van der Waals surface area contributed by atoms with E-state index in [-0.39, 0.29) is 0 Å². The quantitative estimate of drug-likeness (QED) is 0.396. The van der Waals surface area contributed by atoms with Gasteiger partial charge in [0.2, 0.25) is 0 Å². The minimum absolute atomic E-state index is 1.07. The number of rotatable bonds is 2. The third-order valence-electron chi connectivity index (χ3n) is 5.26. The summed E-state index contributed by atoms with van der Waals surface area (Å²) in [5, 5.41) is 5.24. The summed E-state index contributed by atoms with van der Waals surface area (Å²) in [6.07, 6.45) is 2.13. The summed E-state index contributed by atoms with van der Waals surface area (Å²) in [6.45, 7) is 4.41. The molecule has 2 heterocycles. The third-order valence-corrected chi connectivity index (χ3v) is 5.26. The monoisotopic (exact) mass is 312 g/mol. The van der Waals surface area contributed by atoms with E-state index in [1.807, 2.05) is 0 Å². The Hall–Kier alpha value is -2.74. The molecule has 0 bridgehead atoms. The lowest BCUT2D eigenvalue weighted by atomic mass is 10.0. The van der Waals surface area contributed by atoms with Crippen LogP contribution in [0.4, 0.5) is 0 Å². The molecule has 2 N–H and O–H groups in total. The zero-order valence-electron chi connectivity index (χ0n) is 14.0. The van der Waals surface area contributed by atoms with E-state index in [1.165, 1.54) is 54.7 Å². The van der Waals surface area contributed by atoms with Gasteiger partial charge in [0, 0.05) is 43.6 Å². The number of aryl methyl sites for hydroxylation is 2. The van der Waals surface area contributed by atoms with E-state index in [1.54, 1.807) is 0 Å². The Kier molecular flexibility index (Phi) is 2.78. The van der Waals surface area contributed by atoms with Crippen molar-refractivity contribution in [3.63, 3.8) is 0 Å². The first-order valence-corrected chi connectivity index (χ1v) is 8.75. The number of fused-ring (bicyclic) bond motifs is 6. The molecule has 0 aliphatic carbocycles. The maximum absolute atomic E-state index is 3.59. The van der Waals surface area contributed by atoms with Gasteiger partial charge in [-0.15, -0.1) is 0 Å². The second kappa shape index (κ2) is 4.88. The summed E-state index contributed by atoms with van der Waals surface area (Å²) >= 11 is 0. The molecule has 3 aromatic carbocycles. The van der Waals surface area contributed by atoms with E-state index in [0.717, 1.165) is 12.8 Å². The van der Waals surface area contributed by atoms with Gasteiger partial charge in [0.15, 0.2) is 0 Å². The van der Waals surface area contributed by atoms with E-state index >= 15 is 0 Å². The van der Waals surface area contributed by atoms with Crippen LogP contribution in [0.15, 0.2) is 48.5 Å². The van der Waals surface area contributed by atoms with Crippen molar-refractivity contribution in [2.75, 3.05) is 0 Å². The number of H-pyrrole nitrogens is 2. The molecular formula is C22H20N2. The number of aromatic nitrogens is 2. The van der Waals surface area contributed by atoms with Crippen LogP contribution in [0.25, 0.3) is 43.6 Å². The molecule has 0 radical (unpaired) electrons. The summed E-state index contributed by atoms with van der Waals surface area (Å²) < 4.78 is 0. The Labute approximate surface area is 140 Å². The van der Waals surface area contributed by atoms with Crippen molar-refractivity contribution in [1.29, 1.82) is 0 Å². The molecule has 0 fully saturated rings. The molecular weight excluding hydrogens is 292 g/mol. The van der Waals surface area contributed by atoms with Crippen LogP contribution in [0.5, 0.6) is 0 Å². The predicted octanol–water partition coefficient (Wildman–Crippen LogP) is 6.08. The number of hydrogen-bond acceptors (Lipinski definition) is 0. The van der Waals surface area contributed by atoms with E-state index in [4.69, 9.17) is 0 Å². The fourth-order valence-electron chi connectivity index (χ4n) is 3.83. The van der Waals surface area contributed by atoms with Gasteiger partial charge in [-0.2, -0.15) is 0 Å². The van der Waals surface area contributed by atoms with Crippen molar-refractivity contribution in [3.05, 3.63) is 59.7 Å². The fraction of sp³-hybridized carbons (Fsp3) is 0.182. The average Bonchev–Trinajstić information content (AvgIpc) is 3.15. The standard InChI is InChI=1S/C22H20N2/c1-3-13-5-7-19-15(9-13)17-11-22-18(12-21(17)23-19)16-10-14(4-2)6-8-20(16)24-22/h5-12,23-24H,3-4H2,1-2H3. The Morgan fingerprint density at radius 1 is 0.542 bits per heavy atom. The van der Waals surface area contributed by atoms with Crippen molar-refractivity contribution < 1.29 is 0 Å². The summed E-state index contributed by atoms with van der Waals surface area (Å²) in [6, 6.07) is 18.1. The van der Waals surface area contributed by atoms with E-state index in [9.17, 15) is 0 Å². The minimum Gasteiger partial charge on any atom is -0.354 e. The number of aromatic amines is 2. The molecule has 5 aromatic rings. The largest absolute Gasteiger partial charge is 0.354 e. The first-order chi connectivity index (χ1) is 11.8. The second-order valence-electron chi connectivity index (χ2n) is 6.66. The maximum Gasteiger partial charge on any atom is 0.0472 e. The van der Waals surface area contributed by atoms with Gasteiger partial charge < -0.3 is 9.97 Å². The Bertz CT molecular complexity index is 1120. The van der Waals surface area contributed by atoms with Crippen LogP contribution in [0.2, 0.25) is 0 Å². The second-order valence-corrected chi connectivity index (χ2v) is 6.66. The lowest BCUT2D eigenvalue weighted by molar-refractivity contribution is 1.15. The van der Waals surface area contributed by atoms with Gasteiger partial charge in [0.25, 0.3) is 0 Å².